The summed E-state index contributed by atoms with van der Waals surface area (Å²) in [6.07, 6.45) is 3.90. The van der Waals surface area contributed by atoms with Gasteiger partial charge in [-0.05, 0) is 50.3 Å². The van der Waals surface area contributed by atoms with Gasteiger partial charge in [0.05, 0.1) is 12.1 Å². The lowest BCUT2D eigenvalue weighted by Crippen LogP contribution is -2.44. The molecule has 2 aromatic rings. The number of piperidine rings is 1. The number of halogens is 2. The lowest BCUT2D eigenvalue weighted by Gasteiger charge is -2.38. The summed E-state index contributed by atoms with van der Waals surface area (Å²) >= 11 is 1.56. The van der Waals surface area contributed by atoms with Gasteiger partial charge in [-0.15, -0.1) is 36.2 Å². The third kappa shape index (κ3) is 6.07. The highest BCUT2D eigenvalue weighted by atomic mass is 35.5. The van der Waals surface area contributed by atoms with Crippen molar-refractivity contribution in [3.8, 4) is 5.75 Å². The molecule has 1 spiro atoms. The van der Waals surface area contributed by atoms with Crippen molar-refractivity contribution >= 4 is 42.1 Å². The number of aryl methyl sites for hydroxylation is 1. The van der Waals surface area contributed by atoms with Crippen LogP contribution in [0.2, 0.25) is 0 Å². The van der Waals surface area contributed by atoms with Crippen LogP contribution in [-0.4, -0.2) is 42.0 Å². The minimum atomic E-state index is 0. The summed E-state index contributed by atoms with van der Waals surface area (Å²) in [4.78, 5) is 19.2. The van der Waals surface area contributed by atoms with E-state index in [2.05, 4.69) is 17.2 Å². The van der Waals surface area contributed by atoms with Crippen molar-refractivity contribution in [3.05, 3.63) is 45.9 Å². The van der Waals surface area contributed by atoms with Gasteiger partial charge in [-0.25, -0.2) is 4.98 Å². The molecule has 0 unspecified atom stereocenters. The zero-order chi connectivity index (χ0) is 18.7. The Bertz CT molecular complexity index is 781. The van der Waals surface area contributed by atoms with E-state index in [-0.39, 0.29) is 30.7 Å². The Hall–Kier alpha value is -1.34. The van der Waals surface area contributed by atoms with Gasteiger partial charge < -0.3 is 15.0 Å². The maximum Gasteiger partial charge on any atom is 0.228 e. The fourth-order valence-electron chi connectivity index (χ4n) is 4.00. The molecule has 5 nitrogen and oxygen atoms in total. The molecule has 2 fully saturated rings. The van der Waals surface area contributed by atoms with E-state index in [1.165, 1.54) is 12.0 Å². The van der Waals surface area contributed by atoms with E-state index < -0.39 is 0 Å². The van der Waals surface area contributed by atoms with E-state index in [1.54, 1.807) is 11.3 Å². The molecule has 4 rings (SSSR count). The van der Waals surface area contributed by atoms with E-state index in [4.69, 9.17) is 4.74 Å². The second-order valence-corrected chi connectivity index (χ2v) is 8.76. The second kappa shape index (κ2) is 10.6. The number of likely N-dealkylation sites (tertiary alicyclic amines) is 1. The molecule has 0 radical (unpaired) electrons. The lowest BCUT2D eigenvalue weighted by molar-refractivity contribution is -0.132. The number of carbonyl (C=O) groups is 1. The van der Waals surface area contributed by atoms with Crippen molar-refractivity contribution in [3.63, 3.8) is 0 Å². The van der Waals surface area contributed by atoms with Crippen LogP contribution in [0.4, 0.5) is 0 Å². The Balaban J connectivity index is 0.00000150. The third-order valence-corrected chi connectivity index (χ3v) is 6.70. The van der Waals surface area contributed by atoms with Crippen molar-refractivity contribution in [2.24, 2.45) is 5.41 Å². The van der Waals surface area contributed by atoms with Crippen LogP contribution in [0.15, 0.2) is 29.6 Å². The number of nitrogens with zero attached hydrogens (tertiary/aromatic N) is 2. The van der Waals surface area contributed by atoms with Crippen LogP contribution in [0.5, 0.6) is 5.75 Å². The Morgan fingerprint density at radius 2 is 1.93 bits per heavy atom. The summed E-state index contributed by atoms with van der Waals surface area (Å²) in [6.45, 7) is 6.51. The summed E-state index contributed by atoms with van der Waals surface area (Å²) in [5, 5.41) is 6.37. The molecular formula is C21H29Cl2N3O2S. The van der Waals surface area contributed by atoms with Crippen LogP contribution in [0.3, 0.4) is 0 Å². The molecule has 0 aliphatic carbocycles. The van der Waals surface area contributed by atoms with Crippen molar-refractivity contribution in [1.29, 1.82) is 0 Å². The van der Waals surface area contributed by atoms with Crippen LogP contribution < -0.4 is 10.1 Å². The first kappa shape index (κ1) is 23.9. The van der Waals surface area contributed by atoms with E-state index in [1.807, 2.05) is 34.5 Å². The molecule has 160 valence electrons. The predicted molar refractivity (Wildman–Crippen MR) is 122 cm³/mol. The first-order chi connectivity index (χ1) is 13.1. The summed E-state index contributed by atoms with van der Waals surface area (Å²) in [5.41, 5.74) is 2.51. The van der Waals surface area contributed by atoms with Gasteiger partial charge in [0.25, 0.3) is 0 Å². The number of carbonyl (C=O) groups excluding carboxylic acids is 1. The van der Waals surface area contributed by atoms with E-state index in [0.29, 0.717) is 18.4 Å². The molecule has 3 heterocycles. The number of rotatable bonds is 5. The van der Waals surface area contributed by atoms with Crippen molar-refractivity contribution in [2.45, 2.75) is 39.2 Å². The number of thiazole rings is 1. The van der Waals surface area contributed by atoms with Gasteiger partial charge >= 0.3 is 0 Å². The first-order valence-corrected chi connectivity index (χ1v) is 10.6. The largest absolute Gasteiger partial charge is 0.486 e. The maximum atomic E-state index is 12.6. The van der Waals surface area contributed by atoms with Crippen LogP contribution in [0, 0.1) is 12.3 Å². The minimum absolute atomic E-state index is 0. The fourth-order valence-corrected chi connectivity index (χ4v) is 4.70. The zero-order valence-electron chi connectivity index (χ0n) is 16.7. The number of amides is 1. The number of aromatic nitrogens is 1. The van der Waals surface area contributed by atoms with Gasteiger partial charge in [0, 0.05) is 25.0 Å². The van der Waals surface area contributed by atoms with Gasteiger partial charge in [-0.3, -0.25) is 4.79 Å². The van der Waals surface area contributed by atoms with Gasteiger partial charge in [0.15, 0.2) is 0 Å². The standard InChI is InChI=1S/C21H27N3O2S.2ClH/c1-16-2-4-18(5-3-16)26-13-19-23-17(14-27-19)12-20(25)24-10-7-21(8-11-24)6-9-22-15-21;;/h2-5,14,22H,6-13,15H2,1H3;2*1H. The normalized spacial score (nSPS) is 17.5. The molecule has 0 atom stereocenters. The molecule has 1 aromatic heterocycles. The SMILES string of the molecule is Cc1ccc(OCc2nc(CC(=O)N3CCC4(CCNC4)CC3)cs2)cc1.Cl.Cl. The molecule has 8 heteroatoms. The quantitative estimate of drug-likeness (QED) is 0.736. The Kier molecular flexibility index (Phi) is 8.76. The highest BCUT2D eigenvalue weighted by Gasteiger charge is 2.37. The molecule has 1 N–H and O–H groups in total. The number of nitrogens with one attached hydrogen (secondary N) is 1. The third-order valence-electron chi connectivity index (χ3n) is 5.82. The second-order valence-electron chi connectivity index (χ2n) is 7.82. The van der Waals surface area contributed by atoms with Crippen LogP contribution >= 0.6 is 36.2 Å². The van der Waals surface area contributed by atoms with Gasteiger partial charge in [0.1, 0.15) is 17.4 Å². The maximum absolute atomic E-state index is 12.6. The first-order valence-electron chi connectivity index (χ1n) is 9.73. The summed E-state index contributed by atoms with van der Waals surface area (Å²) in [6, 6.07) is 8.00. The molecule has 2 saturated heterocycles. The van der Waals surface area contributed by atoms with Crippen molar-refractivity contribution in [1.82, 2.24) is 15.2 Å². The minimum Gasteiger partial charge on any atom is -0.486 e. The molecule has 2 aliphatic heterocycles. The van der Waals surface area contributed by atoms with Crippen molar-refractivity contribution in [2.75, 3.05) is 26.2 Å². The van der Waals surface area contributed by atoms with E-state index in [0.717, 1.165) is 55.5 Å². The summed E-state index contributed by atoms with van der Waals surface area (Å²) in [5.74, 6) is 1.05. The molecule has 1 aromatic carbocycles. The number of hydrogen-bond acceptors (Lipinski definition) is 5. The average molecular weight is 458 g/mol. The van der Waals surface area contributed by atoms with E-state index >= 15 is 0 Å². The van der Waals surface area contributed by atoms with Gasteiger partial charge in [-0.2, -0.15) is 0 Å². The molecule has 1 amide bonds. The lowest BCUT2D eigenvalue weighted by atomic mass is 9.78. The average Bonchev–Trinajstić information content (AvgIpc) is 3.32. The number of benzene rings is 1. The zero-order valence-corrected chi connectivity index (χ0v) is 19.1. The van der Waals surface area contributed by atoms with Crippen LogP contribution in [-0.2, 0) is 17.8 Å². The Morgan fingerprint density at radius 1 is 1.21 bits per heavy atom. The molecule has 29 heavy (non-hydrogen) atoms. The number of ether oxygens (including phenoxy) is 1. The van der Waals surface area contributed by atoms with Crippen molar-refractivity contribution < 1.29 is 9.53 Å². The van der Waals surface area contributed by atoms with Crippen LogP contribution in [0.1, 0.15) is 35.5 Å². The molecule has 0 bridgehead atoms. The monoisotopic (exact) mass is 457 g/mol. The van der Waals surface area contributed by atoms with Gasteiger partial charge in [0.2, 0.25) is 5.91 Å². The Labute approximate surface area is 189 Å². The Morgan fingerprint density at radius 3 is 2.59 bits per heavy atom. The topological polar surface area (TPSA) is 54.5 Å². The molecular weight excluding hydrogens is 429 g/mol. The highest BCUT2D eigenvalue weighted by molar-refractivity contribution is 7.09. The molecule has 0 saturated carbocycles. The highest BCUT2D eigenvalue weighted by Crippen LogP contribution is 2.37. The fraction of sp³-hybridized carbons (Fsp3) is 0.524. The summed E-state index contributed by atoms with van der Waals surface area (Å²) < 4.78 is 5.78. The smallest absolute Gasteiger partial charge is 0.228 e. The summed E-state index contributed by atoms with van der Waals surface area (Å²) in [7, 11) is 0. The van der Waals surface area contributed by atoms with E-state index in [9.17, 15) is 4.79 Å². The molecule has 2 aliphatic rings. The van der Waals surface area contributed by atoms with Gasteiger partial charge in [-0.1, -0.05) is 17.7 Å². The predicted octanol–water partition coefficient (Wildman–Crippen LogP) is 4.02. The van der Waals surface area contributed by atoms with Crippen LogP contribution in [0.25, 0.3) is 0 Å². The number of hydrogen-bond donors (Lipinski definition) is 1.